The lowest BCUT2D eigenvalue weighted by Gasteiger charge is -2.26. The number of carboxylic acids is 1. The molecule has 0 aromatic heterocycles. The van der Waals surface area contributed by atoms with Crippen molar-refractivity contribution in [2.24, 2.45) is 11.7 Å². The number of benzene rings is 1. The summed E-state index contributed by atoms with van der Waals surface area (Å²) in [5, 5.41) is 22.5. The van der Waals surface area contributed by atoms with Crippen LogP contribution in [0.1, 0.15) is 64.9 Å². The molecule has 0 bridgehead atoms. The van der Waals surface area contributed by atoms with Crippen LogP contribution in [0.25, 0.3) is 0 Å². The van der Waals surface area contributed by atoms with Crippen molar-refractivity contribution >= 4 is 29.9 Å². The quantitative estimate of drug-likeness (QED) is 0.120. The number of alkyl carbamates (subject to hydrolysis) is 1. The van der Waals surface area contributed by atoms with Gasteiger partial charge in [0, 0.05) is 13.1 Å². The topological polar surface area (TPSA) is 201 Å². The second kappa shape index (κ2) is 20.1. The molecule has 8 N–H and O–H groups in total. The van der Waals surface area contributed by atoms with Gasteiger partial charge in [-0.25, -0.2) is 14.4 Å². The first-order valence-corrected chi connectivity index (χ1v) is 14.1. The Morgan fingerprint density at radius 2 is 1.49 bits per heavy atom. The average Bonchev–Trinajstić information content (AvgIpc) is 2.93. The summed E-state index contributed by atoms with van der Waals surface area (Å²) in [5.41, 5.74) is 6.32. The monoisotopic (exact) mass is 578 g/mol. The van der Waals surface area contributed by atoms with E-state index in [4.69, 9.17) is 10.5 Å². The number of nitrogens with one attached hydrogen (secondary N) is 5. The Bertz CT molecular complexity index is 961. The van der Waals surface area contributed by atoms with Crippen LogP contribution in [0.15, 0.2) is 30.3 Å². The van der Waals surface area contributed by atoms with Crippen LogP contribution in [0.3, 0.4) is 0 Å². The fourth-order valence-electron chi connectivity index (χ4n) is 3.89. The lowest BCUT2D eigenvalue weighted by atomic mass is 10.0. The molecule has 0 aliphatic rings. The number of ether oxygens (including phenoxy) is 1. The molecule has 0 saturated heterocycles. The number of aliphatic carboxylic acids is 1. The normalized spacial score (nSPS) is 12.9. The zero-order chi connectivity index (χ0) is 30.6. The summed E-state index contributed by atoms with van der Waals surface area (Å²) in [5.74, 6) is -2.33. The van der Waals surface area contributed by atoms with E-state index in [1.807, 2.05) is 30.3 Å². The molecule has 0 unspecified atom stereocenters. The molecule has 0 saturated carbocycles. The molecule has 0 fully saturated rings. The van der Waals surface area contributed by atoms with Crippen molar-refractivity contribution in [3.63, 3.8) is 0 Å². The van der Waals surface area contributed by atoms with E-state index < -0.39 is 42.1 Å². The van der Waals surface area contributed by atoms with Crippen molar-refractivity contribution in [1.29, 1.82) is 0 Å². The minimum atomic E-state index is -1.19. The minimum Gasteiger partial charge on any atom is -0.480 e. The SMILES string of the molecule is CCNC(=O)[C@@H](NC(=O)[C@@H](CCCCNC(=O)OCc1ccccc1)NC(=O)N[C@@H](CCCCN)C(=O)O)C(C)C. The van der Waals surface area contributed by atoms with Crippen LogP contribution < -0.4 is 32.3 Å². The maximum absolute atomic E-state index is 13.2. The minimum absolute atomic E-state index is 0.139. The Labute approximate surface area is 241 Å². The molecule has 230 valence electrons. The van der Waals surface area contributed by atoms with Gasteiger partial charge in [-0.15, -0.1) is 0 Å². The van der Waals surface area contributed by atoms with E-state index in [-0.39, 0.29) is 37.8 Å². The van der Waals surface area contributed by atoms with Gasteiger partial charge in [0.1, 0.15) is 24.7 Å². The van der Waals surface area contributed by atoms with Gasteiger partial charge in [0.15, 0.2) is 0 Å². The zero-order valence-electron chi connectivity index (χ0n) is 24.2. The molecule has 3 atom stereocenters. The van der Waals surface area contributed by atoms with Gasteiger partial charge in [-0.1, -0.05) is 44.2 Å². The van der Waals surface area contributed by atoms with E-state index in [1.54, 1.807) is 20.8 Å². The smallest absolute Gasteiger partial charge is 0.407 e. The van der Waals surface area contributed by atoms with E-state index in [0.717, 1.165) is 5.56 Å². The first-order chi connectivity index (χ1) is 19.6. The third-order valence-electron chi connectivity index (χ3n) is 6.17. The highest BCUT2D eigenvalue weighted by molar-refractivity contribution is 5.92. The van der Waals surface area contributed by atoms with E-state index in [2.05, 4.69) is 26.6 Å². The Morgan fingerprint density at radius 3 is 2.10 bits per heavy atom. The van der Waals surface area contributed by atoms with Crippen molar-refractivity contribution < 1.29 is 33.8 Å². The third kappa shape index (κ3) is 14.9. The van der Waals surface area contributed by atoms with Crippen LogP contribution >= 0.6 is 0 Å². The van der Waals surface area contributed by atoms with Crippen LogP contribution in [0, 0.1) is 5.92 Å². The number of urea groups is 1. The van der Waals surface area contributed by atoms with E-state index >= 15 is 0 Å². The summed E-state index contributed by atoms with van der Waals surface area (Å²) < 4.78 is 5.17. The standard InChI is InChI=1S/C28H46N6O7/c1-4-30-25(36)23(19(2)3)34-24(35)21(32-27(39)33-22(26(37)38)15-8-10-16-29)14-9-11-17-31-28(40)41-18-20-12-6-5-7-13-20/h5-7,12-13,19,21-23H,4,8-11,14-18,29H2,1-3H3,(H,30,36)(H,31,40)(H,34,35)(H,37,38)(H2,32,33,39)/t21-,22+,23+/m1/s1. The Hall–Kier alpha value is -3.87. The summed E-state index contributed by atoms with van der Waals surface area (Å²) in [6.07, 6.45) is 1.85. The van der Waals surface area contributed by atoms with Crippen molar-refractivity contribution in [3.8, 4) is 0 Å². The lowest BCUT2D eigenvalue weighted by Crippen LogP contribution is -2.57. The largest absolute Gasteiger partial charge is 0.480 e. The number of hydrogen-bond donors (Lipinski definition) is 7. The molecule has 5 amide bonds. The van der Waals surface area contributed by atoms with Crippen molar-refractivity contribution in [1.82, 2.24) is 26.6 Å². The molecule has 0 heterocycles. The average molecular weight is 579 g/mol. The van der Waals surface area contributed by atoms with Crippen LogP contribution in [-0.4, -0.2) is 72.8 Å². The molecule has 13 nitrogen and oxygen atoms in total. The number of carbonyl (C=O) groups excluding carboxylic acids is 4. The summed E-state index contributed by atoms with van der Waals surface area (Å²) in [6.45, 7) is 6.56. The van der Waals surface area contributed by atoms with E-state index in [1.165, 1.54) is 0 Å². The number of carboxylic acid groups (broad SMARTS) is 1. The Balaban J connectivity index is 2.73. The maximum atomic E-state index is 13.2. The van der Waals surface area contributed by atoms with Crippen molar-refractivity contribution in [2.75, 3.05) is 19.6 Å². The molecule has 0 radical (unpaired) electrons. The first kappa shape index (κ1) is 35.2. The molecule has 1 aromatic carbocycles. The first-order valence-electron chi connectivity index (χ1n) is 14.1. The Morgan fingerprint density at radius 1 is 0.854 bits per heavy atom. The number of unbranched alkanes of at least 4 members (excludes halogenated alkanes) is 2. The number of carbonyl (C=O) groups is 5. The second-order valence-corrected chi connectivity index (χ2v) is 9.95. The summed E-state index contributed by atoms with van der Waals surface area (Å²) >= 11 is 0. The number of likely N-dealkylation sites (N-methyl/N-ethyl adjacent to an activating group) is 1. The van der Waals surface area contributed by atoms with Gasteiger partial charge in [-0.2, -0.15) is 0 Å². The molecule has 1 aromatic rings. The van der Waals surface area contributed by atoms with Gasteiger partial charge in [0.2, 0.25) is 11.8 Å². The Kier molecular flexibility index (Phi) is 17.2. The fourth-order valence-corrected chi connectivity index (χ4v) is 3.89. The van der Waals surface area contributed by atoms with Gasteiger partial charge in [-0.3, -0.25) is 9.59 Å². The highest BCUT2D eigenvalue weighted by Crippen LogP contribution is 2.07. The van der Waals surface area contributed by atoms with Gasteiger partial charge in [0.25, 0.3) is 0 Å². The highest BCUT2D eigenvalue weighted by atomic mass is 16.5. The fraction of sp³-hybridized carbons (Fsp3) is 0.607. The molecule has 1 rings (SSSR count). The molecule has 0 spiro atoms. The summed E-state index contributed by atoms with van der Waals surface area (Å²) in [6, 6.07) is 5.43. The third-order valence-corrected chi connectivity index (χ3v) is 6.17. The van der Waals surface area contributed by atoms with Crippen molar-refractivity contribution in [2.45, 2.75) is 84.0 Å². The highest BCUT2D eigenvalue weighted by Gasteiger charge is 2.29. The molecular weight excluding hydrogens is 532 g/mol. The molecule has 13 heteroatoms. The summed E-state index contributed by atoms with van der Waals surface area (Å²) in [4.78, 5) is 61.9. The van der Waals surface area contributed by atoms with Crippen LogP contribution in [0.4, 0.5) is 9.59 Å². The van der Waals surface area contributed by atoms with E-state index in [0.29, 0.717) is 38.8 Å². The molecule has 0 aliphatic carbocycles. The number of rotatable bonds is 19. The predicted molar refractivity (Wildman–Crippen MR) is 154 cm³/mol. The van der Waals surface area contributed by atoms with Gasteiger partial charge in [0.05, 0.1) is 0 Å². The van der Waals surface area contributed by atoms with Gasteiger partial charge in [-0.05, 0) is 63.5 Å². The van der Waals surface area contributed by atoms with Crippen molar-refractivity contribution in [3.05, 3.63) is 35.9 Å². The summed E-state index contributed by atoms with van der Waals surface area (Å²) in [7, 11) is 0. The number of nitrogens with two attached hydrogens (primary N) is 1. The predicted octanol–water partition coefficient (Wildman–Crippen LogP) is 1.61. The second-order valence-electron chi connectivity index (χ2n) is 9.95. The molecule has 0 aliphatic heterocycles. The number of amides is 5. The van der Waals surface area contributed by atoms with E-state index in [9.17, 15) is 29.1 Å². The molecular formula is C28H46N6O7. The maximum Gasteiger partial charge on any atom is 0.407 e. The van der Waals surface area contributed by atoms with Gasteiger partial charge >= 0.3 is 18.1 Å². The van der Waals surface area contributed by atoms with Crippen LogP contribution in [-0.2, 0) is 25.7 Å². The van der Waals surface area contributed by atoms with Gasteiger partial charge < -0.3 is 42.2 Å². The number of hydrogen-bond acceptors (Lipinski definition) is 7. The molecule has 41 heavy (non-hydrogen) atoms. The van der Waals surface area contributed by atoms with Crippen LogP contribution in [0.5, 0.6) is 0 Å². The van der Waals surface area contributed by atoms with Crippen LogP contribution in [0.2, 0.25) is 0 Å². The zero-order valence-corrected chi connectivity index (χ0v) is 24.2. The lowest BCUT2D eigenvalue weighted by molar-refractivity contribution is -0.139.